The summed E-state index contributed by atoms with van der Waals surface area (Å²) in [6, 6.07) is 4.16. The molecule has 7 heteroatoms. The maximum Gasteiger partial charge on any atom is 0.144 e. The Bertz CT molecular complexity index is 1210. The van der Waals surface area contributed by atoms with Crippen LogP contribution in [0.2, 0.25) is 0 Å². The zero-order valence-corrected chi connectivity index (χ0v) is 17.9. The van der Waals surface area contributed by atoms with Gasteiger partial charge in [0.25, 0.3) is 0 Å². The molecule has 156 valence electrons. The molecule has 0 spiro atoms. The maximum atomic E-state index is 5.77. The fraction of sp³-hybridized carbons (Fsp3) is 0.435. The zero-order valence-electron chi connectivity index (χ0n) is 17.9. The Hall–Kier alpha value is -3.09. The Morgan fingerprint density at radius 2 is 1.97 bits per heavy atom. The molecular weight excluding hydrogens is 378 g/mol. The summed E-state index contributed by atoms with van der Waals surface area (Å²) in [5.41, 5.74) is 4.59. The summed E-state index contributed by atoms with van der Waals surface area (Å²) in [5.74, 6) is 3.92. The largest absolute Gasteiger partial charge is 0.496 e. The van der Waals surface area contributed by atoms with Gasteiger partial charge in [-0.3, -0.25) is 0 Å². The van der Waals surface area contributed by atoms with Crippen molar-refractivity contribution in [2.45, 2.75) is 46.5 Å². The Morgan fingerprint density at radius 3 is 2.67 bits per heavy atom. The number of nitrogens with zero attached hydrogens (tertiary/aromatic N) is 3. The summed E-state index contributed by atoms with van der Waals surface area (Å²) in [6.45, 7) is 6.75. The molecule has 5 rings (SSSR count). The summed E-state index contributed by atoms with van der Waals surface area (Å²) >= 11 is 0. The molecule has 0 saturated heterocycles. The molecule has 0 radical (unpaired) electrons. The summed E-state index contributed by atoms with van der Waals surface area (Å²) in [6.07, 6.45) is 5.25. The molecule has 30 heavy (non-hydrogen) atoms. The van der Waals surface area contributed by atoms with E-state index in [0.29, 0.717) is 0 Å². The van der Waals surface area contributed by atoms with Crippen LogP contribution in [0.1, 0.15) is 43.0 Å². The number of H-pyrrole nitrogens is 1. The molecule has 1 aromatic carbocycles. The van der Waals surface area contributed by atoms with Crippen molar-refractivity contribution in [1.82, 2.24) is 20.1 Å². The molecule has 3 heterocycles. The molecule has 0 atom stereocenters. The number of ether oxygens (including phenoxy) is 1. The molecule has 0 unspecified atom stereocenters. The third-order valence-electron chi connectivity index (χ3n) is 6.22. The monoisotopic (exact) mass is 405 g/mol. The summed E-state index contributed by atoms with van der Waals surface area (Å²) < 4.78 is 11.2. The van der Waals surface area contributed by atoms with Crippen LogP contribution in [0.4, 0.5) is 5.82 Å². The van der Waals surface area contributed by atoms with Crippen LogP contribution in [-0.4, -0.2) is 33.8 Å². The summed E-state index contributed by atoms with van der Waals surface area (Å²) in [5, 5.41) is 9.77. The lowest BCUT2D eigenvalue weighted by Crippen LogP contribution is -2.12. The molecule has 0 amide bonds. The van der Waals surface area contributed by atoms with E-state index in [2.05, 4.69) is 32.6 Å². The number of hydrogen-bond acceptors (Lipinski definition) is 6. The van der Waals surface area contributed by atoms with Gasteiger partial charge in [0.05, 0.1) is 23.8 Å². The lowest BCUT2D eigenvalue weighted by atomic mass is 10.0. The smallest absolute Gasteiger partial charge is 0.144 e. The first-order valence-corrected chi connectivity index (χ1v) is 10.6. The number of nitrogens with one attached hydrogen (secondary N) is 2. The first-order valence-electron chi connectivity index (χ1n) is 10.6. The SMILES string of the molecule is COc1cc2c(cc1-c1c(C)noc1C)[nH]c1nc(C)nc(NCC3CCCC3)c12. The van der Waals surface area contributed by atoms with Crippen molar-refractivity contribution in [3.05, 3.63) is 29.4 Å². The normalized spacial score (nSPS) is 14.8. The lowest BCUT2D eigenvalue weighted by Gasteiger charge is -2.13. The highest BCUT2D eigenvalue weighted by Crippen LogP contribution is 2.40. The van der Waals surface area contributed by atoms with Crippen LogP contribution >= 0.6 is 0 Å². The number of methoxy groups -OCH3 is 1. The second-order valence-electron chi connectivity index (χ2n) is 8.30. The molecule has 1 aliphatic carbocycles. The van der Waals surface area contributed by atoms with Gasteiger partial charge in [0, 0.05) is 23.0 Å². The molecule has 1 fully saturated rings. The minimum Gasteiger partial charge on any atom is -0.496 e. The van der Waals surface area contributed by atoms with Crippen LogP contribution < -0.4 is 10.1 Å². The van der Waals surface area contributed by atoms with Crippen LogP contribution in [0.3, 0.4) is 0 Å². The zero-order chi connectivity index (χ0) is 20.8. The van der Waals surface area contributed by atoms with E-state index >= 15 is 0 Å². The van der Waals surface area contributed by atoms with Gasteiger partial charge in [-0.1, -0.05) is 18.0 Å². The number of fused-ring (bicyclic) bond motifs is 3. The van der Waals surface area contributed by atoms with Gasteiger partial charge in [0.2, 0.25) is 0 Å². The van der Waals surface area contributed by atoms with Crippen molar-refractivity contribution >= 4 is 27.8 Å². The van der Waals surface area contributed by atoms with Crippen LogP contribution in [-0.2, 0) is 0 Å². The Labute approximate surface area is 175 Å². The van der Waals surface area contributed by atoms with Gasteiger partial charge in [-0.15, -0.1) is 0 Å². The van der Waals surface area contributed by atoms with Crippen molar-refractivity contribution in [3.8, 4) is 16.9 Å². The number of aromatic nitrogens is 4. The summed E-state index contributed by atoms with van der Waals surface area (Å²) in [4.78, 5) is 12.9. The third-order valence-corrected chi connectivity index (χ3v) is 6.22. The van der Waals surface area contributed by atoms with Gasteiger partial charge in [-0.05, 0) is 51.7 Å². The number of rotatable bonds is 5. The van der Waals surface area contributed by atoms with E-state index in [-0.39, 0.29) is 0 Å². The summed E-state index contributed by atoms with van der Waals surface area (Å²) in [7, 11) is 1.69. The van der Waals surface area contributed by atoms with Crippen LogP contribution in [0, 0.1) is 26.7 Å². The second-order valence-corrected chi connectivity index (χ2v) is 8.30. The molecule has 7 nitrogen and oxygen atoms in total. The molecule has 2 N–H and O–H groups in total. The Morgan fingerprint density at radius 1 is 1.17 bits per heavy atom. The van der Waals surface area contributed by atoms with Gasteiger partial charge in [0.1, 0.15) is 28.8 Å². The van der Waals surface area contributed by atoms with E-state index in [4.69, 9.17) is 14.2 Å². The van der Waals surface area contributed by atoms with Gasteiger partial charge in [-0.2, -0.15) is 0 Å². The number of hydrogen-bond donors (Lipinski definition) is 2. The van der Waals surface area contributed by atoms with Crippen LogP contribution in [0.15, 0.2) is 16.7 Å². The highest BCUT2D eigenvalue weighted by atomic mass is 16.5. The van der Waals surface area contributed by atoms with Gasteiger partial charge < -0.3 is 19.6 Å². The Balaban J connectivity index is 1.67. The maximum absolute atomic E-state index is 5.77. The molecule has 0 bridgehead atoms. The number of aryl methyl sites for hydroxylation is 3. The topological polar surface area (TPSA) is 88.9 Å². The third kappa shape index (κ3) is 3.09. The first kappa shape index (κ1) is 18.9. The van der Waals surface area contributed by atoms with Crippen molar-refractivity contribution in [1.29, 1.82) is 0 Å². The predicted octanol–water partition coefficient (Wildman–Crippen LogP) is 5.30. The molecule has 3 aromatic heterocycles. The van der Waals surface area contributed by atoms with E-state index in [9.17, 15) is 0 Å². The van der Waals surface area contributed by atoms with E-state index in [1.807, 2.05) is 20.8 Å². The molecule has 0 aliphatic heterocycles. The number of benzene rings is 1. The highest BCUT2D eigenvalue weighted by Gasteiger charge is 2.21. The minimum absolute atomic E-state index is 0.723. The van der Waals surface area contributed by atoms with Crippen LogP contribution in [0.25, 0.3) is 33.1 Å². The standard InChI is InChI=1S/C23H27N5O2/c1-12-20(13(2)30-28-12)17-9-18-16(10-19(17)29-4)21-22(24-11-15-7-5-6-8-15)25-14(3)26-23(21)27-18/h9-10,15H,5-8,11H2,1-4H3,(H2,24,25,26,27). The van der Waals surface area contributed by atoms with Gasteiger partial charge in [0.15, 0.2) is 0 Å². The van der Waals surface area contributed by atoms with Crippen molar-refractivity contribution in [2.75, 3.05) is 19.0 Å². The second kappa shape index (κ2) is 7.31. The predicted molar refractivity (Wildman–Crippen MR) is 118 cm³/mol. The number of aromatic amines is 1. The lowest BCUT2D eigenvalue weighted by molar-refractivity contribution is 0.393. The number of anilines is 1. The van der Waals surface area contributed by atoms with E-state index in [1.54, 1.807) is 7.11 Å². The van der Waals surface area contributed by atoms with Crippen molar-refractivity contribution in [3.63, 3.8) is 0 Å². The molecule has 1 saturated carbocycles. The molecular formula is C23H27N5O2. The van der Waals surface area contributed by atoms with E-state index < -0.39 is 0 Å². The van der Waals surface area contributed by atoms with Gasteiger partial charge in [-0.25, -0.2) is 9.97 Å². The molecule has 4 aromatic rings. The highest BCUT2D eigenvalue weighted by molar-refractivity contribution is 6.12. The average molecular weight is 406 g/mol. The van der Waals surface area contributed by atoms with E-state index in [1.165, 1.54) is 25.7 Å². The van der Waals surface area contributed by atoms with Crippen molar-refractivity contribution in [2.24, 2.45) is 5.92 Å². The fourth-order valence-electron chi connectivity index (χ4n) is 4.75. The first-order chi connectivity index (χ1) is 14.5. The average Bonchev–Trinajstić information content (AvgIpc) is 3.44. The Kier molecular flexibility index (Phi) is 4.60. The van der Waals surface area contributed by atoms with Crippen LogP contribution in [0.5, 0.6) is 5.75 Å². The quantitative estimate of drug-likeness (QED) is 0.468. The molecule has 1 aliphatic rings. The van der Waals surface area contributed by atoms with Gasteiger partial charge >= 0.3 is 0 Å². The minimum atomic E-state index is 0.723. The van der Waals surface area contributed by atoms with E-state index in [0.717, 1.165) is 74.4 Å². The van der Waals surface area contributed by atoms with Crippen molar-refractivity contribution < 1.29 is 9.26 Å². The fourth-order valence-corrected chi connectivity index (χ4v) is 4.75.